The molecule has 3 nitrogen and oxygen atoms in total. The van der Waals surface area contributed by atoms with Gasteiger partial charge in [0.2, 0.25) is 0 Å². The van der Waals surface area contributed by atoms with Crippen molar-refractivity contribution < 1.29 is 4.39 Å². The Morgan fingerprint density at radius 2 is 1.28 bits per heavy atom. The molecule has 2 unspecified atom stereocenters. The minimum Gasteiger partial charge on any atom is -0.303 e. The zero-order valence-electron chi connectivity index (χ0n) is 23.4. The summed E-state index contributed by atoms with van der Waals surface area (Å²) in [5.74, 6) is 3.25. The molecule has 0 aromatic rings. The summed E-state index contributed by atoms with van der Waals surface area (Å²) in [6.07, 6.45) is 8.16. The third-order valence-corrected chi connectivity index (χ3v) is 7.51. The van der Waals surface area contributed by atoms with Gasteiger partial charge in [-0.05, 0) is 96.3 Å². The second-order valence-electron chi connectivity index (χ2n) is 12.5. The molecular formula is C28H58FN3. The van der Waals surface area contributed by atoms with E-state index in [1.54, 1.807) is 0 Å². The molecule has 192 valence electrons. The topological polar surface area (TPSA) is 9.72 Å². The zero-order valence-corrected chi connectivity index (χ0v) is 23.4. The second-order valence-corrected chi connectivity index (χ2v) is 12.5. The molecule has 0 spiro atoms. The van der Waals surface area contributed by atoms with E-state index in [0.717, 1.165) is 49.2 Å². The number of likely N-dealkylation sites (tertiary alicyclic amines) is 3. The Hall–Kier alpha value is -0.190. The van der Waals surface area contributed by atoms with Crippen LogP contribution >= 0.6 is 0 Å². The number of halogens is 1. The number of rotatable bonds is 6. The van der Waals surface area contributed by atoms with Crippen LogP contribution in [0.1, 0.15) is 93.4 Å². The van der Waals surface area contributed by atoms with Crippen molar-refractivity contribution in [1.82, 2.24) is 14.7 Å². The lowest BCUT2D eigenvalue weighted by Gasteiger charge is -2.22. The smallest absolute Gasteiger partial charge is 0.117 e. The molecule has 32 heavy (non-hydrogen) atoms. The number of hydrogen-bond acceptors (Lipinski definition) is 3. The lowest BCUT2D eigenvalue weighted by Crippen LogP contribution is -2.31. The molecule has 5 atom stereocenters. The van der Waals surface area contributed by atoms with Crippen LogP contribution in [-0.2, 0) is 0 Å². The van der Waals surface area contributed by atoms with E-state index in [0.29, 0.717) is 5.92 Å². The molecule has 3 aliphatic heterocycles. The molecule has 0 aromatic heterocycles. The molecule has 0 N–H and O–H groups in total. The first-order valence-electron chi connectivity index (χ1n) is 13.6. The fourth-order valence-corrected chi connectivity index (χ4v) is 5.77. The van der Waals surface area contributed by atoms with Crippen molar-refractivity contribution in [3.05, 3.63) is 0 Å². The van der Waals surface area contributed by atoms with E-state index in [1.807, 2.05) is 7.05 Å². The van der Waals surface area contributed by atoms with Crippen molar-refractivity contribution in [3.63, 3.8) is 0 Å². The minimum atomic E-state index is -0.581. The first-order valence-corrected chi connectivity index (χ1v) is 13.6. The predicted octanol–water partition coefficient (Wildman–Crippen LogP) is 6.57. The molecular weight excluding hydrogens is 397 g/mol. The third kappa shape index (κ3) is 11.3. The van der Waals surface area contributed by atoms with E-state index >= 15 is 0 Å². The first kappa shape index (κ1) is 29.8. The highest BCUT2D eigenvalue weighted by atomic mass is 19.1. The lowest BCUT2D eigenvalue weighted by molar-refractivity contribution is 0.195. The van der Waals surface area contributed by atoms with Crippen LogP contribution in [0.4, 0.5) is 4.39 Å². The van der Waals surface area contributed by atoms with Crippen LogP contribution in [0.5, 0.6) is 0 Å². The molecule has 4 heteroatoms. The molecule has 3 aliphatic rings. The monoisotopic (exact) mass is 455 g/mol. The quantitative estimate of drug-likeness (QED) is 0.448. The summed E-state index contributed by atoms with van der Waals surface area (Å²) in [6, 6.07) is 1.94. The second kappa shape index (κ2) is 14.9. The van der Waals surface area contributed by atoms with Gasteiger partial charge in [0.1, 0.15) is 6.17 Å². The normalized spacial score (nSPS) is 31.9. The molecule has 0 bridgehead atoms. The molecule has 0 amide bonds. The number of nitrogens with zero attached hydrogens (tertiary/aromatic N) is 3. The predicted molar refractivity (Wildman–Crippen MR) is 140 cm³/mol. The van der Waals surface area contributed by atoms with E-state index in [1.165, 1.54) is 45.2 Å². The van der Waals surface area contributed by atoms with Gasteiger partial charge in [0.15, 0.2) is 0 Å². The maximum Gasteiger partial charge on any atom is 0.117 e. The summed E-state index contributed by atoms with van der Waals surface area (Å²) < 4.78 is 13.2. The van der Waals surface area contributed by atoms with Crippen molar-refractivity contribution in [2.75, 3.05) is 40.8 Å². The van der Waals surface area contributed by atoms with Gasteiger partial charge in [-0.15, -0.1) is 0 Å². The fourth-order valence-electron chi connectivity index (χ4n) is 5.77. The van der Waals surface area contributed by atoms with Gasteiger partial charge in [-0.2, -0.15) is 0 Å². The highest BCUT2D eigenvalue weighted by Gasteiger charge is 2.31. The SMILES string of the molecule is CC(C)C[C@@H]1C(F)CCN1C.CC(C)C[C@@H]1CC(C)CN1C.CC(C)C[C@@H]1CCCN1C. The Morgan fingerprint density at radius 3 is 1.66 bits per heavy atom. The summed E-state index contributed by atoms with van der Waals surface area (Å²) in [4.78, 5) is 7.16. The third-order valence-electron chi connectivity index (χ3n) is 7.51. The highest BCUT2D eigenvalue weighted by Crippen LogP contribution is 2.26. The molecule has 0 aliphatic carbocycles. The summed E-state index contributed by atoms with van der Waals surface area (Å²) >= 11 is 0. The Bertz CT molecular complexity index is 471. The summed E-state index contributed by atoms with van der Waals surface area (Å²) in [7, 11) is 6.53. The van der Waals surface area contributed by atoms with Crippen LogP contribution < -0.4 is 0 Å². The van der Waals surface area contributed by atoms with E-state index in [-0.39, 0.29) is 6.04 Å². The first-order chi connectivity index (χ1) is 14.9. The molecule has 0 saturated carbocycles. The van der Waals surface area contributed by atoms with Crippen molar-refractivity contribution in [3.8, 4) is 0 Å². The number of alkyl halides is 1. The standard InChI is InChI=1S/C10H21N.C9H18FN.C9H19N/c1-8(2)5-10-6-9(3)7-11(10)4;1-7(2)6-9-8(10)4-5-11(9)3;1-8(2)7-9-5-4-6-10(9)3/h8-10H,5-7H2,1-4H3;7-9H,4-6H2,1-3H3;8-9H,4-7H2,1-3H3/t9?,10-;8?,9-;9-/m110/s1. The van der Waals surface area contributed by atoms with Gasteiger partial charge in [0.25, 0.3) is 0 Å². The van der Waals surface area contributed by atoms with Crippen molar-refractivity contribution in [2.24, 2.45) is 23.7 Å². The van der Waals surface area contributed by atoms with Gasteiger partial charge in [-0.3, -0.25) is 0 Å². The largest absolute Gasteiger partial charge is 0.303 e. The zero-order chi connectivity index (χ0) is 24.4. The lowest BCUT2D eigenvalue weighted by atomic mass is 9.99. The Balaban J connectivity index is 0.000000240. The molecule has 3 rings (SSSR count). The van der Waals surface area contributed by atoms with E-state index < -0.39 is 6.17 Å². The molecule has 0 aromatic carbocycles. The summed E-state index contributed by atoms with van der Waals surface area (Å²) in [5.41, 5.74) is 0. The Labute approximate surface area is 201 Å². The van der Waals surface area contributed by atoms with Crippen LogP contribution in [-0.4, -0.2) is 79.8 Å². The van der Waals surface area contributed by atoms with Crippen molar-refractivity contribution >= 4 is 0 Å². The maximum absolute atomic E-state index is 13.2. The van der Waals surface area contributed by atoms with Crippen LogP contribution in [0.3, 0.4) is 0 Å². The molecule has 3 fully saturated rings. The summed E-state index contributed by atoms with van der Waals surface area (Å²) in [6.45, 7) is 19.5. The van der Waals surface area contributed by atoms with Gasteiger partial charge < -0.3 is 14.7 Å². The van der Waals surface area contributed by atoms with Crippen molar-refractivity contribution in [1.29, 1.82) is 0 Å². The van der Waals surface area contributed by atoms with E-state index in [4.69, 9.17) is 0 Å². The van der Waals surface area contributed by atoms with Crippen molar-refractivity contribution in [2.45, 2.75) is 118 Å². The summed E-state index contributed by atoms with van der Waals surface area (Å²) in [5, 5.41) is 0. The average Bonchev–Trinajstić information content (AvgIpc) is 3.30. The van der Waals surface area contributed by atoms with Crippen LogP contribution in [0.15, 0.2) is 0 Å². The van der Waals surface area contributed by atoms with Gasteiger partial charge in [-0.1, -0.05) is 48.5 Å². The van der Waals surface area contributed by atoms with E-state index in [9.17, 15) is 4.39 Å². The van der Waals surface area contributed by atoms with Crippen LogP contribution in [0, 0.1) is 23.7 Å². The van der Waals surface area contributed by atoms with Crippen LogP contribution in [0.25, 0.3) is 0 Å². The highest BCUT2D eigenvalue weighted by molar-refractivity contribution is 4.85. The fraction of sp³-hybridized carbons (Fsp3) is 1.00. The van der Waals surface area contributed by atoms with Gasteiger partial charge >= 0.3 is 0 Å². The van der Waals surface area contributed by atoms with Gasteiger partial charge in [0.05, 0.1) is 0 Å². The van der Waals surface area contributed by atoms with Crippen LogP contribution in [0.2, 0.25) is 0 Å². The Morgan fingerprint density at radius 1 is 0.719 bits per heavy atom. The van der Waals surface area contributed by atoms with Gasteiger partial charge in [-0.25, -0.2) is 4.39 Å². The average molecular weight is 456 g/mol. The molecule has 3 saturated heterocycles. The number of hydrogen-bond donors (Lipinski definition) is 0. The van der Waals surface area contributed by atoms with Gasteiger partial charge in [0, 0.05) is 31.2 Å². The van der Waals surface area contributed by atoms with E-state index in [2.05, 4.69) is 77.3 Å². The molecule has 3 heterocycles. The molecule has 0 radical (unpaired) electrons. The maximum atomic E-state index is 13.2. The Kier molecular flexibility index (Phi) is 13.9. The minimum absolute atomic E-state index is 0.190.